The Morgan fingerprint density at radius 1 is 1.50 bits per heavy atom. The van der Waals surface area contributed by atoms with Gasteiger partial charge in [0, 0.05) is 14.1 Å². The summed E-state index contributed by atoms with van der Waals surface area (Å²) in [5.41, 5.74) is 0. The van der Waals surface area contributed by atoms with Crippen molar-refractivity contribution in [3.8, 4) is 0 Å². The molecule has 2 atom stereocenters. The van der Waals surface area contributed by atoms with Crippen LogP contribution in [0.2, 0.25) is 0 Å². The van der Waals surface area contributed by atoms with Crippen LogP contribution in [-0.4, -0.2) is 55.5 Å². The number of hydrogen-bond acceptors (Lipinski definition) is 5. The highest BCUT2D eigenvalue weighted by Crippen LogP contribution is 2.43. The van der Waals surface area contributed by atoms with Crippen LogP contribution in [0.25, 0.3) is 0 Å². The molecule has 0 aromatic heterocycles. The highest BCUT2D eigenvalue weighted by molar-refractivity contribution is 7.47. The Morgan fingerprint density at radius 2 is 2.11 bits per heavy atom. The van der Waals surface area contributed by atoms with Gasteiger partial charge in [0.25, 0.3) is 0 Å². The normalized spacial score (nSPS) is 15.6. The molecule has 0 saturated carbocycles. The molecule has 0 spiro atoms. The predicted molar refractivity (Wildman–Crippen MR) is 63.7 cm³/mol. The molecule has 8 nitrogen and oxygen atoms in total. The topological polar surface area (TPSA) is 105 Å². The monoisotopic (exact) mass is 282 g/mol. The van der Waals surface area contributed by atoms with E-state index >= 15 is 0 Å². The van der Waals surface area contributed by atoms with Gasteiger partial charge in [-0.25, -0.2) is 4.57 Å². The first-order valence-corrected chi connectivity index (χ1v) is 6.86. The van der Waals surface area contributed by atoms with Gasteiger partial charge in [-0.3, -0.25) is 18.6 Å². The Kier molecular flexibility index (Phi) is 7.77. The minimum Gasteiger partial charge on any atom is -0.347 e. The van der Waals surface area contributed by atoms with Gasteiger partial charge in [-0.1, -0.05) is 6.92 Å². The summed E-state index contributed by atoms with van der Waals surface area (Å²) in [6, 6.07) is -1.02. The van der Waals surface area contributed by atoms with Crippen LogP contribution in [0, 0.1) is 0 Å². The number of nitrogens with zero attached hydrogens (tertiary/aromatic N) is 1. The van der Waals surface area contributed by atoms with Gasteiger partial charge >= 0.3 is 7.82 Å². The number of amides is 2. The van der Waals surface area contributed by atoms with E-state index in [0.717, 1.165) is 0 Å². The molecule has 2 amide bonds. The second-order valence-corrected chi connectivity index (χ2v) is 5.12. The number of nitrogens with one attached hydrogen (secondary N) is 1. The first kappa shape index (κ1) is 17.1. The molecule has 0 aromatic carbocycles. The lowest BCUT2D eigenvalue weighted by Crippen LogP contribution is -2.45. The zero-order valence-electron chi connectivity index (χ0n) is 10.7. The molecule has 0 aromatic rings. The van der Waals surface area contributed by atoms with Crippen LogP contribution >= 0.6 is 7.82 Å². The van der Waals surface area contributed by atoms with Gasteiger partial charge in [0.1, 0.15) is 6.04 Å². The Morgan fingerprint density at radius 3 is 2.56 bits per heavy atom. The molecule has 0 aliphatic carbocycles. The van der Waals surface area contributed by atoms with E-state index in [4.69, 9.17) is 0 Å². The van der Waals surface area contributed by atoms with Gasteiger partial charge in [0.15, 0.2) is 0 Å². The third kappa shape index (κ3) is 6.70. The molecule has 0 radical (unpaired) electrons. The maximum Gasteiger partial charge on any atom is 0.472 e. The summed E-state index contributed by atoms with van der Waals surface area (Å²) in [6.07, 6.45) is 0.880. The molecule has 2 N–H and O–H groups in total. The second kappa shape index (κ2) is 8.20. The van der Waals surface area contributed by atoms with Gasteiger partial charge < -0.3 is 15.1 Å². The smallest absolute Gasteiger partial charge is 0.347 e. The number of carbonyl (C=O) groups excluding carboxylic acids is 2. The fraction of sp³-hybridized carbons (Fsp3) is 0.778. The zero-order chi connectivity index (χ0) is 14.2. The molecular formula is C9H19N2O6P. The van der Waals surface area contributed by atoms with Crippen LogP contribution in [0.3, 0.4) is 0 Å². The number of carbonyl (C=O) groups is 2. The minimum absolute atomic E-state index is 0.0706. The number of phosphoric ester groups is 1. The Labute approximate surface area is 106 Å². The first-order valence-electron chi connectivity index (χ1n) is 5.36. The van der Waals surface area contributed by atoms with E-state index < -0.39 is 26.4 Å². The summed E-state index contributed by atoms with van der Waals surface area (Å²) >= 11 is 0. The van der Waals surface area contributed by atoms with Crippen LogP contribution in [0.1, 0.15) is 13.3 Å². The number of hydrogen-bond donors (Lipinski definition) is 2. The maximum atomic E-state index is 11.6. The summed E-state index contributed by atoms with van der Waals surface area (Å²) in [7, 11) is -1.20. The maximum absolute atomic E-state index is 11.6. The SMILES string of the molecule is CCCOP(=O)(O)OCC(NC=O)C(=O)N(C)C. The molecule has 0 aliphatic rings. The van der Waals surface area contributed by atoms with Crippen molar-refractivity contribution in [1.82, 2.24) is 10.2 Å². The van der Waals surface area contributed by atoms with Crippen molar-refractivity contribution in [2.24, 2.45) is 0 Å². The predicted octanol–water partition coefficient (Wildman–Crippen LogP) is -0.267. The van der Waals surface area contributed by atoms with E-state index in [1.54, 1.807) is 6.92 Å². The van der Waals surface area contributed by atoms with Crippen LogP contribution in [0.15, 0.2) is 0 Å². The summed E-state index contributed by atoms with van der Waals surface area (Å²) in [5.74, 6) is -0.447. The molecule has 0 aliphatic heterocycles. The summed E-state index contributed by atoms with van der Waals surface area (Å²) < 4.78 is 20.6. The molecule has 106 valence electrons. The lowest BCUT2D eigenvalue weighted by atomic mass is 10.3. The summed E-state index contributed by atoms with van der Waals surface area (Å²) in [6.45, 7) is 1.40. The van der Waals surface area contributed by atoms with Crippen LogP contribution in [0.5, 0.6) is 0 Å². The van der Waals surface area contributed by atoms with E-state index in [2.05, 4.69) is 14.4 Å². The van der Waals surface area contributed by atoms with Crippen LogP contribution in [0.4, 0.5) is 0 Å². The summed E-state index contributed by atoms with van der Waals surface area (Å²) in [4.78, 5) is 32.4. The van der Waals surface area contributed by atoms with Gasteiger partial charge in [0.05, 0.1) is 13.2 Å². The Hall–Kier alpha value is -0.950. The van der Waals surface area contributed by atoms with Gasteiger partial charge in [-0.05, 0) is 6.42 Å². The molecule has 2 unspecified atom stereocenters. The quantitative estimate of drug-likeness (QED) is 0.445. The van der Waals surface area contributed by atoms with Crippen molar-refractivity contribution < 1.29 is 28.1 Å². The standard InChI is InChI=1S/C9H19N2O6P/c1-4-5-16-18(14,15)17-6-8(10-7-12)9(13)11(2)3/h7-8H,4-6H2,1-3H3,(H,10,12)(H,14,15). The van der Waals surface area contributed by atoms with Crippen molar-refractivity contribution in [2.45, 2.75) is 19.4 Å². The van der Waals surface area contributed by atoms with Gasteiger partial charge in [0.2, 0.25) is 12.3 Å². The zero-order valence-corrected chi connectivity index (χ0v) is 11.6. The second-order valence-electron chi connectivity index (χ2n) is 3.67. The molecule has 0 rings (SSSR count). The van der Waals surface area contributed by atoms with E-state index in [-0.39, 0.29) is 6.61 Å². The van der Waals surface area contributed by atoms with Crippen molar-refractivity contribution in [3.63, 3.8) is 0 Å². The fourth-order valence-corrected chi connectivity index (χ4v) is 1.82. The number of phosphoric acid groups is 1. The summed E-state index contributed by atoms with van der Waals surface area (Å²) in [5, 5.41) is 2.21. The largest absolute Gasteiger partial charge is 0.472 e. The number of likely N-dealkylation sites (N-methyl/N-ethyl adjacent to an activating group) is 1. The van der Waals surface area contributed by atoms with Crippen molar-refractivity contribution in [1.29, 1.82) is 0 Å². The van der Waals surface area contributed by atoms with Crippen molar-refractivity contribution in [2.75, 3.05) is 27.3 Å². The molecule has 0 heterocycles. The average Bonchev–Trinajstić information content (AvgIpc) is 2.31. The third-order valence-corrected chi connectivity index (χ3v) is 2.86. The highest BCUT2D eigenvalue weighted by Gasteiger charge is 2.26. The molecule has 18 heavy (non-hydrogen) atoms. The lowest BCUT2D eigenvalue weighted by Gasteiger charge is -2.20. The highest BCUT2D eigenvalue weighted by atomic mass is 31.2. The van der Waals surface area contributed by atoms with Gasteiger partial charge in [-0.15, -0.1) is 0 Å². The van der Waals surface area contributed by atoms with Crippen molar-refractivity contribution in [3.05, 3.63) is 0 Å². The van der Waals surface area contributed by atoms with E-state index in [0.29, 0.717) is 12.8 Å². The first-order chi connectivity index (χ1) is 8.34. The van der Waals surface area contributed by atoms with Crippen LogP contribution in [-0.2, 0) is 23.2 Å². The molecule has 0 bridgehead atoms. The Balaban J connectivity index is 4.38. The van der Waals surface area contributed by atoms with Crippen molar-refractivity contribution >= 4 is 20.1 Å². The van der Waals surface area contributed by atoms with Crippen LogP contribution < -0.4 is 5.32 Å². The van der Waals surface area contributed by atoms with E-state index in [1.165, 1.54) is 19.0 Å². The van der Waals surface area contributed by atoms with E-state index in [9.17, 15) is 19.0 Å². The number of rotatable bonds is 9. The minimum atomic E-state index is -4.18. The third-order valence-electron chi connectivity index (χ3n) is 1.87. The lowest BCUT2D eigenvalue weighted by molar-refractivity contribution is -0.133. The average molecular weight is 282 g/mol. The Bertz CT molecular complexity index is 322. The molecular weight excluding hydrogens is 263 g/mol. The molecule has 0 saturated heterocycles. The van der Waals surface area contributed by atoms with E-state index in [1.807, 2.05) is 0 Å². The van der Waals surface area contributed by atoms with Gasteiger partial charge in [-0.2, -0.15) is 0 Å². The fourth-order valence-electron chi connectivity index (χ4n) is 0.997. The molecule has 0 fully saturated rings. The molecule has 9 heteroatoms.